The van der Waals surface area contributed by atoms with Crippen molar-refractivity contribution in [2.75, 3.05) is 19.0 Å². The molecule has 0 spiro atoms. The second kappa shape index (κ2) is 7.07. The first-order valence-corrected chi connectivity index (χ1v) is 7.25. The lowest BCUT2D eigenvalue weighted by Gasteiger charge is -2.10. The summed E-state index contributed by atoms with van der Waals surface area (Å²) < 4.78 is 5.12. The summed E-state index contributed by atoms with van der Waals surface area (Å²) in [4.78, 5) is 0. The average Bonchev–Trinajstić information content (AvgIpc) is 2.45. The van der Waals surface area contributed by atoms with Crippen LogP contribution in [-0.4, -0.2) is 13.7 Å². The lowest BCUT2D eigenvalue weighted by atomic mass is 10.1. The van der Waals surface area contributed by atoms with E-state index in [1.807, 2.05) is 24.3 Å². The van der Waals surface area contributed by atoms with Gasteiger partial charge in [-0.05, 0) is 36.2 Å². The molecule has 0 radical (unpaired) electrons. The Labute approximate surface area is 133 Å². The second-order valence-electron chi connectivity index (χ2n) is 4.27. The van der Waals surface area contributed by atoms with Crippen LogP contribution in [0.1, 0.15) is 5.56 Å². The first kappa shape index (κ1) is 15.3. The Morgan fingerprint density at radius 2 is 1.60 bits per heavy atom. The summed E-state index contributed by atoms with van der Waals surface area (Å²) in [5.41, 5.74) is 2.00. The van der Waals surface area contributed by atoms with Crippen LogP contribution in [0.4, 0.5) is 5.69 Å². The fourth-order valence-electron chi connectivity index (χ4n) is 1.79. The summed E-state index contributed by atoms with van der Waals surface area (Å²) in [6.45, 7) is 0.754. The van der Waals surface area contributed by atoms with Crippen molar-refractivity contribution in [2.45, 2.75) is 6.42 Å². The molecule has 2 aromatic rings. The molecule has 1 N–H and O–H groups in total. The third-order valence-corrected chi connectivity index (χ3v) is 3.93. The van der Waals surface area contributed by atoms with Gasteiger partial charge in [-0.1, -0.05) is 46.9 Å². The maximum absolute atomic E-state index is 6.10. The molecule has 2 nitrogen and oxygen atoms in total. The third-order valence-electron chi connectivity index (χ3n) is 2.90. The Kier molecular flexibility index (Phi) is 5.41. The van der Waals surface area contributed by atoms with E-state index in [1.165, 1.54) is 5.56 Å². The molecule has 0 atom stereocenters. The molecule has 0 aromatic heterocycles. The number of hydrogen-bond acceptors (Lipinski definition) is 2. The first-order chi connectivity index (χ1) is 9.60. The van der Waals surface area contributed by atoms with E-state index in [1.54, 1.807) is 19.2 Å². The first-order valence-electron chi connectivity index (χ1n) is 6.11. The Bertz CT molecular complexity index is 584. The highest BCUT2D eigenvalue weighted by Gasteiger charge is 2.05. The van der Waals surface area contributed by atoms with Gasteiger partial charge in [-0.15, -0.1) is 0 Å². The van der Waals surface area contributed by atoms with Crippen molar-refractivity contribution in [1.29, 1.82) is 0 Å². The Morgan fingerprint density at radius 1 is 0.950 bits per heavy atom. The number of anilines is 1. The standard InChI is InChI=1S/C15H14Cl3NO/c1-20-11-4-2-10(3-5-11)6-7-19-15-9-13(17)12(16)8-14(15)18/h2-5,8-9,19H,6-7H2,1H3. The molecule has 0 aliphatic rings. The van der Waals surface area contributed by atoms with Crippen molar-refractivity contribution in [3.05, 3.63) is 57.0 Å². The van der Waals surface area contributed by atoms with Crippen LogP contribution in [0.5, 0.6) is 5.75 Å². The summed E-state index contributed by atoms with van der Waals surface area (Å²) in [7, 11) is 1.66. The van der Waals surface area contributed by atoms with Gasteiger partial charge in [0.05, 0.1) is 27.9 Å². The molecule has 0 fully saturated rings. The molecule has 106 valence electrons. The highest BCUT2D eigenvalue weighted by atomic mass is 35.5. The van der Waals surface area contributed by atoms with E-state index in [0.717, 1.165) is 24.4 Å². The van der Waals surface area contributed by atoms with Gasteiger partial charge in [0.25, 0.3) is 0 Å². The molecule has 0 saturated carbocycles. The minimum Gasteiger partial charge on any atom is -0.497 e. The molecule has 20 heavy (non-hydrogen) atoms. The molecule has 0 unspecified atom stereocenters. The summed E-state index contributed by atoms with van der Waals surface area (Å²) in [6.07, 6.45) is 0.876. The van der Waals surface area contributed by atoms with Crippen molar-refractivity contribution in [1.82, 2.24) is 0 Å². The molecular formula is C15H14Cl3NO. The monoisotopic (exact) mass is 329 g/mol. The van der Waals surface area contributed by atoms with Crippen LogP contribution in [0, 0.1) is 0 Å². The topological polar surface area (TPSA) is 21.3 Å². The van der Waals surface area contributed by atoms with E-state index in [-0.39, 0.29) is 0 Å². The minimum atomic E-state index is 0.456. The van der Waals surface area contributed by atoms with E-state index in [4.69, 9.17) is 39.5 Å². The van der Waals surface area contributed by atoms with Gasteiger partial charge in [-0.3, -0.25) is 0 Å². The molecule has 0 heterocycles. The van der Waals surface area contributed by atoms with Gasteiger partial charge in [0, 0.05) is 6.54 Å². The van der Waals surface area contributed by atoms with Gasteiger partial charge in [0.1, 0.15) is 5.75 Å². The van der Waals surface area contributed by atoms with Crippen LogP contribution in [0.15, 0.2) is 36.4 Å². The lowest BCUT2D eigenvalue weighted by molar-refractivity contribution is 0.414. The van der Waals surface area contributed by atoms with Crippen LogP contribution in [0.25, 0.3) is 0 Å². The SMILES string of the molecule is COc1ccc(CCNc2cc(Cl)c(Cl)cc2Cl)cc1. The molecule has 2 aromatic carbocycles. The Hall–Kier alpha value is -1.09. The summed E-state index contributed by atoms with van der Waals surface area (Å²) >= 11 is 18.0. The van der Waals surface area contributed by atoms with E-state index in [9.17, 15) is 0 Å². The molecule has 0 aliphatic carbocycles. The predicted octanol–water partition coefficient (Wildman–Crippen LogP) is 5.31. The van der Waals surface area contributed by atoms with Crippen LogP contribution < -0.4 is 10.1 Å². The van der Waals surface area contributed by atoms with Gasteiger partial charge in [-0.2, -0.15) is 0 Å². The summed E-state index contributed by atoms with van der Waals surface area (Å²) in [5, 5.41) is 4.76. The molecule has 0 bridgehead atoms. The number of benzene rings is 2. The van der Waals surface area contributed by atoms with Gasteiger partial charge < -0.3 is 10.1 Å². The van der Waals surface area contributed by atoms with E-state index < -0.39 is 0 Å². The largest absolute Gasteiger partial charge is 0.497 e. The van der Waals surface area contributed by atoms with Crippen molar-refractivity contribution in [2.24, 2.45) is 0 Å². The average molecular weight is 331 g/mol. The predicted molar refractivity (Wildman–Crippen MR) is 86.7 cm³/mol. The van der Waals surface area contributed by atoms with Crippen LogP contribution in [0.3, 0.4) is 0 Å². The fraction of sp³-hybridized carbons (Fsp3) is 0.200. The zero-order valence-corrected chi connectivity index (χ0v) is 13.2. The molecule has 0 aliphatic heterocycles. The van der Waals surface area contributed by atoms with E-state index >= 15 is 0 Å². The van der Waals surface area contributed by atoms with Gasteiger partial charge >= 0.3 is 0 Å². The number of halogens is 3. The molecule has 0 saturated heterocycles. The van der Waals surface area contributed by atoms with Crippen molar-refractivity contribution in [3.63, 3.8) is 0 Å². The normalized spacial score (nSPS) is 10.4. The van der Waals surface area contributed by atoms with Gasteiger partial charge in [-0.25, -0.2) is 0 Å². The number of hydrogen-bond donors (Lipinski definition) is 1. The zero-order valence-electron chi connectivity index (χ0n) is 10.9. The smallest absolute Gasteiger partial charge is 0.118 e. The number of nitrogens with one attached hydrogen (secondary N) is 1. The van der Waals surface area contributed by atoms with Crippen LogP contribution in [-0.2, 0) is 6.42 Å². The number of ether oxygens (including phenoxy) is 1. The van der Waals surface area contributed by atoms with Crippen LogP contribution >= 0.6 is 34.8 Å². The lowest BCUT2D eigenvalue weighted by Crippen LogP contribution is -2.05. The van der Waals surface area contributed by atoms with Crippen molar-refractivity contribution >= 4 is 40.5 Å². The highest BCUT2D eigenvalue weighted by molar-refractivity contribution is 6.44. The molecular weight excluding hydrogens is 317 g/mol. The Balaban J connectivity index is 1.94. The number of rotatable bonds is 5. The maximum Gasteiger partial charge on any atom is 0.118 e. The highest BCUT2D eigenvalue weighted by Crippen LogP contribution is 2.32. The summed E-state index contributed by atoms with van der Waals surface area (Å²) in [5.74, 6) is 0.856. The molecule has 2 rings (SSSR count). The molecule has 0 amide bonds. The molecule has 5 heteroatoms. The minimum absolute atomic E-state index is 0.456. The van der Waals surface area contributed by atoms with Crippen molar-refractivity contribution < 1.29 is 4.74 Å². The zero-order chi connectivity index (χ0) is 14.5. The fourth-order valence-corrected chi connectivity index (χ4v) is 2.41. The third kappa shape index (κ3) is 3.95. The van der Waals surface area contributed by atoms with E-state index in [2.05, 4.69) is 5.32 Å². The van der Waals surface area contributed by atoms with E-state index in [0.29, 0.717) is 15.1 Å². The van der Waals surface area contributed by atoms with Gasteiger partial charge in [0.2, 0.25) is 0 Å². The number of methoxy groups -OCH3 is 1. The second-order valence-corrected chi connectivity index (χ2v) is 5.49. The Morgan fingerprint density at radius 3 is 2.25 bits per heavy atom. The summed E-state index contributed by atoms with van der Waals surface area (Å²) in [6, 6.07) is 11.3. The van der Waals surface area contributed by atoms with Gasteiger partial charge in [0.15, 0.2) is 0 Å². The van der Waals surface area contributed by atoms with Crippen LogP contribution in [0.2, 0.25) is 15.1 Å². The maximum atomic E-state index is 6.10. The van der Waals surface area contributed by atoms with Crippen molar-refractivity contribution in [3.8, 4) is 5.75 Å². The quantitative estimate of drug-likeness (QED) is 0.750.